The van der Waals surface area contributed by atoms with E-state index in [1.54, 1.807) is 0 Å². The van der Waals surface area contributed by atoms with Crippen LogP contribution < -0.4 is 11.5 Å². The summed E-state index contributed by atoms with van der Waals surface area (Å²) in [5.41, 5.74) is 9.89. The second kappa shape index (κ2) is 5.04. The third-order valence-electron chi connectivity index (χ3n) is 0.547. The van der Waals surface area contributed by atoms with Crippen molar-refractivity contribution < 1.29 is 4.39 Å². The van der Waals surface area contributed by atoms with E-state index in [9.17, 15) is 4.39 Å². The first-order chi connectivity index (χ1) is 4.66. The average Bonchev–Trinajstić information content (AvgIpc) is 1.82. The van der Waals surface area contributed by atoms with Gasteiger partial charge in [0.05, 0.1) is 6.67 Å². The first kappa shape index (κ1) is 9.22. The van der Waals surface area contributed by atoms with E-state index in [0.717, 1.165) is 11.8 Å². The average molecular weight is 164 g/mol. The lowest BCUT2D eigenvalue weighted by Gasteiger charge is -1.93. The second-order valence-electron chi connectivity index (χ2n) is 1.38. The maximum atomic E-state index is 11.5. The molecule has 0 spiro atoms. The van der Waals surface area contributed by atoms with Crippen molar-refractivity contribution in [2.24, 2.45) is 16.5 Å². The lowest BCUT2D eigenvalue weighted by Crippen LogP contribution is -2.23. The van der Waals surface area contributed by atoms with Crippen LogP contribution in [0.1, 0.15) is 0 Å². The highest BCUT2D eigenvalue weighted by atomic mass is 32.2. The molecule has 0 heterocycles. The van der Waals surface area contributed by atoms with Crippen LogP contribution in [0, 0.1) is 5.41 Å². The number of hydrogen-bond donors (Lipinski definition) is 3. The van der Waals surface area contributed by atoms with Crippen molar-refractivity contribution in [3.05, 3.63) is 0 Å². The lowest BCUT2D eigenvalue weighted by molar-refractivity contribution is 0.533. The Bertz CT molecular complexity index is 142. The Morgan fingerprint density at radius 3 is 2.60 bits per heavy atom. The maximum absolute atomic E-state index is 11.5. The van der Waals surface area contributed by atoms with Crippen molar-refractivity contribution >= 4 is 22.9 Å². The number of nitrogens with zero attached hydrogens (tertiary/aromatic N) is 1. The van der Waals surface area contributed by atoms with E-state index in [0.29, 0.717) is 0 Å². The minimum atomic E-state index is -0.479. The lowest BCUT2D eigenvalue weighted by atomic mass is 10.9. The fourth-order valence-electron chi connectivity index (χ4n) is 0.285. The zero-order valence-corrected chi connectivity index (χ0v) is 6.12. The molecule has 0 atom stereocenters. The molecule has 0 aromatic heterocycles. The Morgan fingerprint density at radius 1 is 1.60 bits per heavy atom. The number of hydrogen-bond acceptors (Lipinski definition) is 2. The predicted molar refractivity (Wildman–Crippen MR) is 42.0 cm³/mol. The van der Waals surface area contributed by atoms with Crippen LogP contribution in [0.15, 0.2) is 4.99 Å². The molecule has 0 radical (unpaired) electrons. The smallest absolute Gasteiger partial charge is 0.193 e. The number of guanidine groups is 1. The summed E-state index contributed by atoms with van der Waals surface area (Å²) in [5.74, 6) is 0.0478. The van der Waals surface area contributed by atoms with Crippen molar-refractivity contribution in [3.8, 4) is 0 Å². The second-order valence-corrected chi connectivity index (χ2v) is 2.46. The number of aliphatic imine (C=N–C) groups is 1. The van der Waals surface area contributed by atoms with Crippen LogP contribution in [0.5, 0.6) is 0 Å². The minimum absolute atomic E-state index is 0.0577. The van der Waals surface area contributed by atoms with Crippen molar-refractivity contribution in [2.75, 3.05) is 12.4 Å². The standard InChI is InChI=1S/C4H9FN4S/c5-1-2-10-4(8)9-3(6)7/h1-2H2,(H5,6,7,8,9). The summed E-state index contributed by atoms with van der Waals surface area (Å²) in [6.45, 7) is -0.479. The predicted octanol–water partition coefficient (Wildman–Crippen LogP) is -0.103. The van der Waals surface area contributed by atoms with Gasteiger partial charge in [0.1, 0.15) is 0 Å². The molecule has 0 aliphatic carbocycles. The molecule has 58 valence electrons. The summed E-state index contributed by atoms with van der Waals surface area (Å²) in [7, 11) is 0. The van der Waals surface area contributed by atoms with Gasteiger partial charge in [0.2, 0.25) is 0 Å². The molecule has 5 N–H and O–H groups in total. The number of nitrogens with two attached hydrogens (primary N) is 2. The number of alkyl halides is 1. The van der Waals surface area contributed by atoms with Crippen LogP contribution in [0.2, 0.25) is 0 Å². The number of thioether (sulfide) groups is 1. The summed E-state index contributed by atoms with van der Waals surface area (Å²) in [5, 5.41) is 6.91. The van der Waals surface area contributed by atoms with E-state index < -0.39 is 6.67 Å². The zero-order valence-electron chi connectivity index (χ0n) is 5.30. The number of nitrogens with one attached hydrogen (secondary N) is 1. The minimum Gasteiger partial charge on any atom is -0.370 e. The van der Waals surface area contributed by atoms with Gasteiger partial charge < -0.3 is 11.5 Å². The van der Waals surface area contributed by atoms with Gasteiger partial charge in [-0.1, -0.05) is 11.8 Å². The molecule has 0 aliphatic heterocycles. The molecule has 10 heavy (non-hydrogen) atoms. The van der Waals surface area contributed by atoms with E-state index in [1.165, 1.54) is 0 Å². The highest BCUT2D eigenvalue weighted by Gasteiger charge is 1.93. The summed E-state index contributed by atoms with van der Waals surface area (Å²) in [4.78, 5) is 3.37. The Kier molecular flexibility index (Phi) is 4.65. The van der Waals surface area contributed by atoms with Crippen molar-refractivity contribution in [1.29, 1.82) is 5.41 Å². The fraction of sp³-hybridized carbons (Fsp3) is 0.500. The van der Waals surface area contributed by atoms with E-state index in [2.05, 4.69) is 4.99 Å². The summed E-state index contributed by atoms with van der Waals surface area (Å²) in [6.07, 6.45) is 0. The molecule has 4 nitrogen and oxygen atoms in total. The van der Waals surface area contributed by atoms with Gasteiger partial charge in [0.15, 0.2) is 11.1 Å². The Hall–Kier alpha value is -0.780. The molecule has 0 aromatic carbocycles. The maximum Gasteiger partial charge on any atom is 0.193 e. The van der Waals surface area contributed by atoms with E-state index in [-0.39, 0.29) is 16.9 Å². The van der Waals surface area contributed by atoms with Gasteiger partial charge in [0.25, 0.3) is 0 Å². The van der Waals surface area contributed by atoms with Gasteiger partial charge >= 0.3 is 0 Å². The van der Waals surface area contributed by atoms with Gasteiger partial charge in [-0.3, -0.25) is 9.80 Å². The van der Waals surface area contributed by atoms with Crippen LogP contribution >= 0.6 is 11.8 Å². The van der Waals surface area contributed by atoms with Crippen molar-refractivity contribution in [1.82, 2.24) is 0 Å². The van der Waals surface area contributed by atoms with Gasteiger partial charge in [-0.15, -0.1) is 0 Å². The third kappa shape index (κ3) is 5.36. The SMILES string of the molecule is N=C(N=C(N)N)SCCF. The molecule has 0 fully saturated rings. The molecule has 0 bridgehead atoms. The van der Waals surface area contributed by atoms with Gasteiger partial charge in [-0.2, -0.15) is 4.99 Å². The molecule has 0 rings (SSSR count). The highest BCUT2D eigenvalue weighted by molar-refractivity contribution is 8.13. The molecule has 0 amide bonds. The molecule has 0 saturated heterocycles. The summed E-state index contributed by atoms with van der Waals surface area (Å²) < 4.78 is 11.5. The Labute approximate surface area is 62.4 Å². The largest absolute Gasteiger partial charge is 0.370 e. The number of rotatable bonds is 2. The number of amidine groups is 1. The van der Waals surface area contributed by atoms with Gasteiger partial charge in [-0.25, -0.2) is 0 Å². The summed E-state index contributed by atoms with van der Waals surface area (Å²) in [6, 6.07) is 0. The van der Waals surface area contributed by atoms with Crippen LogP contribution in [-0.4, -0.2) is 23.6 Å². The molecular formula is C4H9FN4S. The topological polar surface area (TPSA) is 88.2 Å². The molecular weight excluding hydrogens is 155 g/mol. The molecule has 0 aromatic rings. The first-order valence-electron chi connectivity index (χ1n) is 2.53. The van der Waals surface area contributed by atoms with Crippen LogP contribution in [0.3, 0.4) is 0 Å². The summed E-state index contributed by atoms with van der Waals surface area (Å²) >= 11 is 0.966. The van der Waals surface area contributed by atoms with Crippen LogP contribution in [0.4, 0.5) is 4.39 Å². The highest BCUT2D eigenvalue weighted by Crippen LogP contribution is 2.01. The molecule has 0 unspecified atom stereocenters. The first-order valence-corrected chi connectivity index (χ1v) is 3.52. The van der Waals surface area contributed by atoms with Crippen molar-refractivity contribution in [3.63, 3.8) is 0 Å². The Balaban J connectivity index is 3.54. The molecule has 6 heteroatoms. The molecule has 0 aliphatic rings. The monoisotopic (exact) mass is 164 g/mol. The Morgan fingerprint density at radius 2 is 2.20 bits per heavy atom. The normalized spacial score (nSPS) is 8.90. The van der Waals surface area contributed by atoms with Crippen LogP contribution in [0.25, 0.3) is 0 Å². The van der Waals surface area contributed by atoms with Crippen LogP contribution in [-0.2, 0) is 0 Å². The zero-order chi connectivity index (χ0) is 7.98. The van der Waals surface area contributed by atoms with E-state index in [1.807, 2.05) is 0 Å². The quantitative estimate of drug-likeness (QED) is 0.393. The molecule has 0 saturated carbocycles. The van der Waals surface area contributed by atoms with Gasteiger partial charge in [0, 0.05) is 5.75 Å². The number of halogens is 1. The van der Waals surface area contributed by atoms with E-state index in [4.69, 9.17) is 16.9 Å². The fourth-order valence-corrected chi connectivity index (χ4v) is 0.725. The van der Waals surface area contributed by atoms with E-state index >= 15 is 0 Å². The van der Waals surface area contributed by atoms with Crippen molar-refractivity contribution in [2.45, 2.75) is 0 Å². The van der Waals surface area contributed by atoms with Gasteiger partial charge in [-0.05, 0) is 0 Å². The third-order valence-corrected chi connectivity index (χ3v) is 1.27.